The van der Waals surface area contributed by atoms with Crippen molar-refractivity contribution in [3.05, 3.63) is 58.9 Å². The fourth-order valence-corrected chi connectivity index (χ4v) is 3.08. The SMILES string of the molecule is COc1ccc(Nc2ccc(NC(=O)Cc3cccs3)cn2)cc1OC. The highest BCUT2D eigenvalue weighted by Crippen LogP contribution is 2.30. The lowest BCUT2D eigenvalue weighted by molar-refractivity contribution is -0.115. The van der Waals surface area contributed by atoms with Gasteiger partial charge < -0.3 is 20.1 Å². The molecule has 3 rings (SSSR count). The van der Waals surface area contributed by atoms with Gasteiger partial charge in [-0.25, -0.2) is 4.98 Å². The highest BCUT2D eigenvalue weighted by molar-refractivity contribution is 7.10. The van der Waals surface area contributed by atoms with E-state index in [1.54, 1.807) is 37.8 Å². The van der Waals surface area contributed by atoms with Crippen LogP contribution in [0.2, 0.25) is 0 Å². The molecule has 0 fully saturated rings. The largest absolute Gasteiger partial charge is 0.493 e. The highest BCUT2D eigenvalue weighted by Gasteiger charge is 2.07. The van der Waals surface area contributed by atoms with Gasteiger partial charge in [0.2, 0.25) is 5.91 Å². The molecule has 0 saturated carbocycles. The topological polar surface area (TPSA) is 72.5 Å². The number of thiophene rings is 1. The molecule has 0 atom stereocenters. The van der Waals surface area contributed by atoms with Crippen molar-refractivity contribution in [3.8, 4) is 11.5 Å². The van der Waals surface area contributed by atoms with Crippen molar-refractivity contribution in [2.75, 3.05) is 24.9 Å². The van der Waals surface area contributed by atoms with Crippen molar-refractivity contribution >= 4 is 34.4 Å². The first kappa shape index (κ1) is 17.8. The number of benzene rings is 1. The van der Waals surface area contributed by atoms with Gasteiger partial charge in [-0.2, -0.15) is 0 Å². The molecule has 0 spiro atoms. The molecule has 134 valence electrons. The van der Waals surface area contributed by atoms with E-state index in [0.717, 1.165) is 10.6 Å². The fourth-order valence-electron chi connectivity index (χ4n) is 2.38. The molecule has 26 heavy (non-hydrogen) atoms. The molecule has 7 heteroatoms. The number of nitrogens with one attached hydrogen (secondary N) is 2. The number of carbonyl (C=O) groups excluding carboxylic acids is 1. The molecule has 3 aromatic rings. The zero-order valence-electron chi connectivity index (χ0n) is 14.5. The number of amides is 1. The minimum absolute atomic E-state index is 0.0603. The van der Waals surface area contributed by atoms with Crippen LogP contribution in [0.25, 0.3) is 0 Å². The van der Waals surface area contributed by atoms with Crippen LogP contribution in [0.4, 0.5) is 17.2 Å². The maximum atomic E-state index is 12.0. The van der Waals surface area contributed by atoms with Gasteiger partial charge in [-0.05, 0) is 35.7 Å². The average Bonchev–Trinajstić information content (AvgIpc) is 3.16. The number of methoxy groups -OCH3 is 2. The van der Waals surface area contributed by atoms with Crippen LogP contribution in [0.15, 0.2) is 54.0 Å². The summed E-state index contributed by atoms with van der Waals surface area (Å²) in [6.07, 6.45) is 1.98. The van der Waals surface area contributed by atoms with Gasteiger partial charge in [0.25, 0.3) is 0 Å². The molecule has 0 aliphatic carbocycles. The third kappa shape index (κ3) is 4.52. The number of carbonyl (C=O) groups is 1. The van der Waals surface area contributed by atoms with E-state index >= 15 is 0 Å². The molecule has 0 saturated heterocycles. The summed E-state index contributed by atoms with van der Waals surface area (Å²) in [5.41, 5.74) is 1.48. The fraction of sp³-hybridized carbons (Fsp3) is 0.158. The molecule has 0 bridgehead atoms. The Balaban J connectivity index is 1.61. The van der Waals surface area contributed by atoms with E-state index in [1.165, 1.54) is 0 Å². The molecule has 1 aromatic carbocycles. The first-order chi connectivity index (χ1) is 12.7. The summed E-state index contributed by atoms with van der Waals surface area (Å²) in [6, 6.07) is 13.0. The number of ether oxygens (including phenoxy) is 2. The predicted octanol–water partition coefficient (Wildman–Crippen LogP) is 4.09. The van der Waals surface area contributed by atoms with Gasteiger partial charge >= 0.3 is 0 Å². The second kappa shape index (κ2) is 8.35. The molecule has 2 aromatic heterocycles. The number of rotatable bonds is 7. The average molecular weight is 369 g/mol. The van der Waals surface area contributed by atoms with E-state index in [0.29, 0.717) is 29.4 Å². The molecule has 0 radical (unpaired) electrons. The molecule has 0 unspecified atom stereocenters. The molecule has 2 heterocycles. The first-order valence-electron chi connectivity index (χ1n) is 7.95. The van der Waals surface area contributed by atoms with Crippen molar-refractivity contribution in [3.63, 3.8) is 0 Å². The molecular formula is C19H19N3O3S. The Morgan fingerprint density at radius 3 is 2.54 bits per heavy atom. The number of pyridine rings is 1. The Kier molecular flexibility index (Phi) is 5.70. The Labute approximate surface area is 155 Å². The monoisotopic (exact) mass is 369 g/mol. The predicted molar refractivity (Wildman–Crippen MR) is 104 cm³/mol. The number of hydrogen-bond acceptors (Lipinski definition) is 6. The van der Waals surface area contributed by atoms with Crippen LogP contribution in [0.5, 0.6) is 11.5 Å². The maximum Gasteiger partial charge on any atom is 0.229 e. The Hall–Kier alpha value is -3.06. The van der Waals surface area contributed by atoms with E-state index in [4.69, 9.17) is 9.47 Å². The van der Waals surface area contributed by atoms with E-state index in [1.807, 2.05) is 41.8 Å². The maximum absolute atomic E-state index is 12.0. The third-order valence-corrected chi connectivity index (χ3v) is 4.49. The number of aromatic nitrogens is 1. The lowest BCUT2D eigenvalue weighted by atomic mass is 10.2. The van der Waals surface area contributed by atoms with Crippen LogP contribution < -0.4 is 20.1 Å². The Morgan fingerprint density at radius 1 is 1.08 bits per heavy atom. The van der Waals surface area contributed by atoms with Gasteiger partial charge in [0, 0.05) is 16.6 Å². The van der Waals surface area contributed by atoms with Crippen LogP contribution in [-0.2, 0) is 11.2 Å². The van der Waals surface area contributed by atoms with Gasteiger partial charge in [0.05, 0.1) is 32.5 Å². The quantitative estimate of drug-likeness (QED) is 0.656. The summed E-state index contributed by atoms with van der Waals surface area (Å²) in [5, 5.41) is 7.99. The summed E-state index contributed by atoms with van der Waals surface area (Å²) >= 11 is 1.57. The van der Waals surface area contributed by atoms with Crippen LogP contribution in [-0.4, -0.2) is 25.1 Å². The molecular weight excluding hydrogens is 350 g/mol. The van der Waals surface area contributed by atoms with Gasteiger partial charge in [-0.3, -0.25) is 4.79 Å². The molecule has 6 nitrogen and oxygen atoms in total. The standard InChI is InChI=1S/C19H19N3O3S/c1-24-16-7-5-13(10-17(16)25-2)21-18-8-6-14(12-20-18)22-19(23)11-15-4-3-9-26-15/h3-10,12H,11H2,1-2H3,(H,20,21)(H,22,23). The van der Waals surface area contributed by atoms with E-state index in [2.05, 4.69) is 15.6 Å². The number of nitrogens with zero attached hydrogens (tertiary/aromatic N) is 1. The van der Waals surface area contributed by atoms with Crippen molar-refractivity contribution in [2.24, 2.45) is 0 Å². The Morgan fingerprint density at radius 2 is 1.88 bits per heavy atom. The molecule has 1 amide bonds. The first-order valence-corrected chi connectivity index (χ1v) is 8.83. The van der Waals surface area contributed by atoms with Gasteiger partial charge in [0.1, 0.15) is 5.82 Å². The second-order valence-electron chi connectivity index (χ2n) is 5.43. The van der Waals surface area contributed by atoms with Crippen LogP contribution in [0, 0.1) is 0 Å². The van der Waals surface area contributed by atoms with E-state index in [9.17, 15) is 4.79 Å². The number of anilines is 3. The van der Waals surface area contributed by atoms with E-state index < -0.39 is 0 Å². The van der Waals surface area contributed by atoms with Crippen LogP contribution in [0.3, 0.4) is 0 Å². The second-order valence-corrected chi connectivity index (χ2v) is 6.46. The Bertz CT molecular complexity index is 864. The van der Waals surface area contributed by atoms with Crippen molar-refractivity contribution in [1.29, 1.82) is 0 Å². The van der Waals surface area contributed by atoms with Crippen molar-refractivity contribution in [1.82, 2.24) is 4.98 Å². The van der Waals surface area contributed by atoms with E-state index in [-0.39, 0.29) is 5.91 Å². The zero-order chi connectivity index (χ0) is 18.4. The summed E-state index contributed by atoms with van der Waals surface area (Å²) in [4.78, 5) is 17.4. The molecule has 0 aliphatic heterocycles. The summed E-state index contributed by atoms with van der Waals surface area (Å²) in [5.74, 6) is 1.90. The lowest BCUT2D eigenvalue weighted by Gasteiger charge is -2.11. The number of hydrogen-bond donors (Lipinski definition) is 2. The van der Waals surface area contributed by atoms with Gasteiger partial charge in [-0.1, -0.05) is 6.07 Å². The zero-order valence-corrected chi connectivity index (χ0v) is 15.3. The van der Waals surface area contributed by atoms with Crippen molar-refractivity contribution in [2.45, 2.75) is 6.42 Å². The third-order valence-electron chi connectivity index (χ3n) is 3.62. The highest BCUT2D eigenvalue weighted by atomic mass is 32.1. The van der Waals surface area contributed by atoms with Gasteiger partial charge in [0.15, 0.2) is 11.5 Å². The smallest absolute Gasteiger partial charge is 0.229 e. The van der Waals surface area contributed by atoms with Crippen molar-refractivity contribution < 1.29 is 14.3 Å². The minimum atomic E-state index is -0.0603. The summed E-state index contributed by atoms with van der Waals surface area (Å²) in [6.45, 7) is 0. The summed E-state index contributed by atoms with van der Waals surface area (Å²) < 4.78 is 10.5. The van der Waals surface area contributed by atoms with Crippen LogP contribution >= 0.6 is 11.3 Å². The summed E-state index contributed by atoms with van der Waals surface area (Å²) in [7, 11) is 3.19. The van der Waals surface area contributed by atoms with Gasteiger partial charge in [-0.15, -0.1) is 11.3 Å². The lowest BCUT2D eigenvalue weighted by Crippen LogP contribution is -2.13. The minimum Gasteiger partial charge on any atom is -0.493 e. The molecule has 2 N–H and O–H groups in total. The molecule has 0 aliphatic rings. The normalized spacial score (nSPS) is 10.2. The van der Waals surface area contributed by atoms with Crippen LogP contribution in [0.1, 0.15) is 4.88 Å².